The molecular weight excluding hydrogens is 370 g/mol. The van der Waals surface area contributed by atoms with Gasteiger partial charge in [-0.25, -0.2) is 4.79 Å². The standard InChI is InChI=1S/C15H10ClN3O7/c16-12-7-11(19(24)25)4-5-13(12)17-14(20)8-26-15(21)9-2-1-3-10(6-9)18(22)23/h1-7H,8H2,(H,17,20). The molecule has 0 fully saturated rings. The van der Waals surface area contributed by atoms with Gasteiger partial charge in [-0.15, -0.1) is 0 Å². The first-order valence-corrected chi connectivity index (χ1v) is 7.31. The van der Waals surface area contributed by atoms with Crippen molar-refractivity contribution in [3.8, 4) is 0 Å². The highest BCUT2D eigenvalue weighted by atomic mass is 35.5. The summed E-state index contributed by atoms with van der Waals surface area (Å²) in [7, 11) is 0. The summed E-state index contributed by atoms with van der Waals surface area (Å²) in [6.45, 7) is -0.672. The van der Waals surface area contributed by atoms with Gasteiger partial charge in [-0.1, -0.05) is 17.7 Å². The van der Waals surface area contributed by atoms with Crippen molar-refractivity contribution in [1.82, 2.24) is 0 Å². The van der Waals surface area contributed by atoms with Gasteiger partial charge < -0.3 is 10.1 Å². The first-order valence-electron chi connectivity index (χ1n) is 6.93. The van der Waals surface area contributed by atoms with Crippen LogP contribution in [0.4, 0.5) is 17.1 Å². The summed E-state index contributed by atoms with van der Waals surface area (Å²) in [5.74, 6) is -1.65. The zero-order chi connectivity index (χ0) is 19.3. The van der Waals surface area contributed by atoms with E-state index in [1.807, 2.05) is 0 Å². The maximum Gasteiger partial charge on any atom is 0.338 e. The molecule has 1 N–H and O–H groups in total. The van der Waals surface area contributed by atoms with E-state index in [0.29, 0.717) is 0 Å². The second-order valence-corrected chi connectivity index (χ2v) is 5.26. The molecule has 0 bridgehead atoms. The van der Waals surface area contributed by atoms with Crippen LogP contribution in [0.25, 0.3) is 0 Å². The van der Waals surface area contributed by atoms with Crippen LogP contribution in [0.5, 0.6) is 0 Å². The van der Waals surface area contributed by atoms with E-state index in [9.17, 15) is 29.8 Å². The van der Waals surface area contributed by atoms with Crippen LogP contribution in [-0.2, 0) is 9.53 Å². The lowest BCUT2D eigenvalue weighted by Crippen LogP contribution is -2.21. The predicted octanol–water partition coefficient (Wildman–Crippen LogP) is 2.95. The SMILES string of the molecule is O=C(COC(=O)c1cccc([N+](=O)[O-])c1)Nc1ccc([N+](=O)[O-])cc1Cl. The van der Waals surface area contributed by atoms with E-state index < -0.39 is 28.3 Å². The summed E-state index contributed by atoms with van der Waals surface area (Å²) >= 11 is 5.83. The maximum atomic E-state index is 11.8. The predicted molar refractivity (Wildman–Crippen MR) is 90.1 cm³/mol. The molecule has 2 aromatic carbocycles. The lowest BCUT2D eigenvalue weighted by Gasteiger charge is -2.08. The van der Waals surface area contributed by atoms with Crippen LogP contribution in [0.2, 0.25) is 5.02 Å². The number of nitrogens with one attached hydrogen (secondary N) is 1. The zero-order valence-corrected chi connectivity index (χ0v) is 13.6. The summed E-state index contributed by atoms with van der Waals surface area (Å²) in [6.07, 6.45) is 0. The Bertz CT molecular complexity index is 901. The fourth-order valence-corrected chi connectivity index (χ4v) is 2.09. The molecule has 0 heterocycles. The second kappa shape index (κ2) is 8.03. The highest BCUT2D eigenvalue weighted by molar-refractivity contribution is 6.34. The first-order chi connectivity index (χ1) is 12.3. The van der Waals surface area contributed by atoms with Crippen molar-refractivity contribution in [3.05, 3.63) is 73.3 Å². The number of halogens is 1. The van der Waals surface area contributed by atoms with Gasteiger partial charge in [-0.2, -0.15) is 0 Å². The second-order valence-electron chi connectivity index (χ2n) is 4.85. The Morgan fingerprint density at radius 1 is 1.04 bits per heavy atom. The zero-order valence-electron chi connectivity index (χ0n) is 12.9. The van der Waals surface area contributed by atoms with E-state index in [0.717, 1.165) is 18.2 Å². The number of non-ortho nitro benzene ring substituents is 2. The first kappa shape index (κ1) is 18.8. The molecule has 0 aliphatic heterocycles. The van der Waals surface area contributed by atoms with Gasteiger partial charge in [0, 0.05) is 24.3 Å². The van der Waals surface area contributed by atoms with Gasteiger partial charge in [0.1, 0.15) is 0 Å². The highest BCUT2D eigenvalue weighted by Gasteiger charge is 2.15. The number of nitrogens with zero attached hydrogens (tertiary/aromatic N) is 2. The summed E-state index contributed by atoms with van der Waals surface area (Å²) < 4.78 is 4.77. The number of nitro benzene ring substituents is 2. The Morgan fingerprint density at radius 2 is 1.69 bits per heavy atom. The van der Waals surface area contributed by atoms with E-state index in [-0.39, 0.29) is 27.6 Å². The Kier molecular flexibility index (Phi) is 5.81. The number of ether oxygens (including phenoxy) is 1. The summed E-state index contributed by atoms with van der Waals surface area (Å²) in [6, 6.07) is 8.29. The Labute approximate surface area is 150 Å². The average Bonchev–Trinajstić information content (AvgIpc) is 2.61. The van der Waals surface area contributed by atoms with Crippen molar-refractivity contribution in [2.75, 3.05) is 11.9 Å². The van der Waals surface area contributed by atoms with Crippen LogP contribution in [0.3, 0.4) is 0 Å². The van der Waals surface area contributed by atoms with Crippen LogP contribution in [0, 0.1) is 20.2 Å². The molecule has 0 spiro atoms. The van der Waals surface area contributed by atoms with Gasteiger partial charge in [0.15, 0.2) is 6.61 Å². The van der Waals surface area contributed by atoms with Crippen LogP contribution in [0.1, 0.15) is 10.4 Å². The van der Waals surface area contributed by atoms with Gasteiger partial charge in [0.2, 0.25) is 0 Å². The van der Waals surface area contributed by atoms with Crippen molar-refractivity contribution in [2.45, 2.75) is 0 Å². The third kappa shape index (κ3) is 4.74. The molecule has 0 saturated carbocycles. The molecule has 11 heteroatoms. The molecule has 0 saturated heterocycles. The number of benzene rings is 2. The molecule has 0 atom stereocenters. The van der Waals surface area contributed by atoms with Gasteiger partial charge in [-0.05, 0) is 12.1 Å². The molecule has 134 valence electrons. The van der Waals surface area contributed by atoms with E-state index >= 15 is 0 Å². The van der Waals surface area contributed by atoms with Gasteiger partial charge in [0.05, 0.1) is 26.1 Å². The lowest BCUT2D eigenvalue weighted by molar-refractivity contribution is -0.385. The van der Waals surface area contributed by atoms with E-state index in [1.165, 1.54) is 24.3 Å². The number of amides is 1. The summed E-state index contributed by atoms with van der Waals surface area (Å²) in [5.41, 5.74) is -0.513. The third-order valence-corrected chi connectivity index (χ3v) is 3.38. The Balaban J connectivity index is 1.96. The molecular formula is C15H10ClN3O7. The minimum Gasteiger partial charge on any atom is -0.452 e. The molecule has 2 aromatic rings. The van der Waals surface area contributed by atoms with Crippen molar-refractivity contribution < 1.29 is 24.2 Å². The Hall–Kier alpha value is -3.53. The molecule has 26 heavy (non-hydrogen) atoms. The van der Waals surface area contributed by atoms with Crippen molar-refractivity contribution in [1.29, 1.82) is 0 Å². The Morgan fingerprint density at radius 3 is 2.31 bits per heavy atom. The smallest absolute Gasteiger partial charge is 0.338 e. The normalized spacial score (nSPS) is 10.0. The maximum absolute atomic E-state index is 11.8. The number of esters is 1. The fraction of sp³-hybridized carbons (Fsp3) is 0.0667. The largest absolute Gasteiger partial charge is 0.452 e. The highest BCUT2D eigenvalue weighted by Crippen LogP contribution is 2.26. The fourth-order valence-electron chi connectivity index (χ4n) is 1.87. The number of rotatable bonds is 6. The third-order valence-electron chi connectivity index (χ3n) is 3.06. The molecule has 0 unspecified atom stereocenters. The number of nitro groups is 2. The minimum atomic E-state index is -0.918. The van der Waals surface area contributed by atoms with E-state index in [1.54, 1.807) is 0 Å². The van der Waals surface area contributed by atoms with E-state index in [4.69, 9.17) is 16.3 Å². The van der Waals surface area contributed by atoms with Crippen LogP contribution in [0.15, 0.2) is 42.5 Å². The van der Waals surface area contributed by atoms with Crippen molar-refractivity contribution >= 4 is 40.5 Å². The van der Waals surface area contributed by atoms with Crippen molar-refractivity contribution in [3.63, 3.8) is 0 Å². The summed E-state index contributed by atoms with van der Waals surface area (Å²) in [4.78, 5) is 43.6. The quantitative estimate of drug-likeness (QED) is 0.461. The number of hydrogen-bond donors (Lipinski definition) is 1. The molecule has 10 nitrogen and oxygen atoms in total. The molecule has 0 aliphatic carbocycles. The monoisotopic (exact) mass is 379 g/mol. The number of carbonyl (C=O) groups excluding carboxylic acids is 2. The number of carbonyl (C=O) groups is 2. The molecule has 2 rings (SSSR count). The van der Waals surface area contributed by atoms with Crippen LogP contribution in [-0.4, -0.2) is 28.3 Å². The molecule has 1 amide bonds. The summed E-state index contributed by atoms with van der Waals surface area (Å²) in [5, 5.41) is 23.6. The van der Waals surface area contributed by atoms with Crippen molar-refractivity contribution in [2.24, 2.45) is 0 Å². The number of anilines is 1. The van der Waals surface area contributed by atoms with Gasteiger partial charge in [-0.3, -0.25) is 25.0 Å². The topological polar surface area (TPSA) is 142 Å². The number of hydrogen-bond acceptors (Lipinski definition) is 7. The molecule has 0 radical (unpaired) electrons. The van der Waals surface area contributed by atoms with Crippen LogP contribution < -0.4 is 5.32 Å². The van der Waals surface area contributed by atoms with Crippen LogP contribution >= 0.6 is 11.6 Å². The molecule has 0 aliphatic rings. The lowest BCUT2D eigenvalue weighted by atomic mass is 10.2. The van der Waals surface area contributed by atoms with Gasteiger partial charge in [0.25, 0.3) is 17.3 Å². The minimum absolute atomic E-state index is 0.0578. The molecule has 0 aromatic heterocycles. The van der Waals surface area contributed by atoms with E-state index in [2.05, 4.69) is 5.32 Å². The van der Waals surface area contributed by atoms with Gasteiger partial charge >= 0.3 is 5.97 Å². The average molecular weight is 380 g/mol.